The number of hydrogen-bond donors (Lipinski definition) is 0. The Morgan fingerprint density at radius 2 is 1.70 bits per heavy atom. The zero-order valence-corrected chi connectivity index (χ0v) is 11.7. The third kappa shape index (κ3) is 3.51. The van der Waals surface area contributed by atoms with Crippen LogP contribution in [0, 0.1) is 11.3 Å². The van der Waals surface area contributed by atoms with Crippen molar-refractivity contribution in [1.82, 2.24) is 0 Å². The Labute approximate surface area is 126 Å². The van der Waals surface area contributed by atoms with E-state index in [-0.39, 0.29) is 5.56 Å². The highest BCUT2D eigenvalue weighted by Crippen LogP contribution is 2.22. The second-order valence-electron chi connectivity index (χ2n) is 3.98. The molecule has 0 N–H and O–H groups in total. The summed E-state index contributed by atoms with van der Waals surface area (Å²) in [7, 11) is 0. The minimum Gasteiger partial charge on any atom is -0.438 e. The van der Waals surface area contributed by atoms with Crippen LogP contribution < -0.4 is 0 Å². The van der Waals surface area contributed by atoms with Crippen molar-refractivity contribution in [1.29, 1.82) is 5.26 Å². The number of esters is 1. The quantitative estimate of drug-likeness (QED) is 0.789. The molecule has 20 heavy (non-hydrogen) atoms. The molecule has 2 aromatic carbocycles. The summed E-state index contributed by atoms with van der Waals surface area (Å²) in [6.07, 6.45) is -0.971. The molecule has 0 aliphatic heterocycles. The predicted octanol–water partition coefficient (Wildman–Crippen LogP) is 4.42. The summed E-state index contributed by atoms with van der Waals surface area (Å²) in [5.74, 6) is -0.648. The Morgan fingerprint density at radius 3 is 2.25 bits per heavy atom. The van der Waals surface area contributed by atoms with Crippen LogP contribution in [0.15, 0.2) is 48.5 Å². The highest BCUT2D eigenvalue weighted by molar-refractivity contribution is 6.35. The molecule has 0 saturated heterocycles. The van der Waals surface area contributed by atoms with Gasteiger partial charge in [-0.15, -0.1) is 0 Å². The molecule has 2 rings (SSSR count). The minimum absolute atomic E-state index is 0.207. The van der Waals surface area contributed by atoms with Gasteiger partial charge < -0.3 is 4.74 Å². The van der Waals surface area contributed by atoms with E-state index in [0.29, 0.717) is 15.6 Å². The van der Waals surface area contributed by atoms with Crippen LogP contribution in [0.3, 0.4) is 0 Å². The molecular formula is C15H9Cl2NO2. The monoisotopic (exact) mass is 305 g/mol. The van der Waals surface area contributed by atoms with Gasteiger partial charge in [0.1, 0.15) is 6.07 Å². The molecular weight excluding hydrogens is 297 g/mol. The van der Waals surface area contributed by atoms with E-state index in [4.69, 9.17) is 33.2 Å². The fraction of sp³-hybridized carbons (Fsp3) is 0.0667. The lowest BCUT2D eigenvalue weighted by Gasteiger charge is -2.11. The van der Waals surface area contributed by atoms with Crippen LogP contribution in [-0.4, -0.2) is 5.97 Å². The lowest BCUT2D eigenvalue weighted by Crippen LogP contribution is -2.10. The lowest BCUT2D eigenvalue weighted by molar-refractivity contribution is 0.0404. The zero-order valence-electron chi connectivity index (χ0n) is 10.2. The van der Waals surface area contributed by atoms with Crippen molar-refractivity contribution in [3.63, 3.8) is 0 Å². The third-order valence-electron chi connectivity index (χ3n) is 2.54. The Morgan fingerprint density at radius 1 is 1.10 bits per heavy atom. The average Bonchev–Trinajstić information content (AvgIpc) is 2.44. The minimum atomic E-state index is -0.971. The van der Waals surface area contributed by atoms with Gasteiger partial charge in [0.05, 0.1) is 5.56 Å². The maximum Gasteiger partial charge on any atom is 0.339 e. The lowest BCUT2D eigenvalue weighted by atomic mass is 10.1. The molecule has 100 valence electrons. The normalized spacial score (nSPS) is 11.4. The summed E-state index contributed by atoms with van der Waals surface area (Å²) in [6.45, 7) is 0. The van der Waals surface area contributed by atoms with Crippen molar-refractivity contribution in [3.05, 3.63) is 69.7 Å². The van der Waals surface area contributed by atoms with Crippen LogP contribution in [0.4, 0.5) is 0 Å². The first-order chi connectivity index (χ1) is 9.60. The Bertz CT molecular complexity index is 645. The molecule has 2 aromatic rings. The fourth-order valence-corrected chi connectivity index (χ4v) is 2.17. The first kappa shape index (κ1) is 14.4. The van der Waals surface area contributed by atoms with Gasteiger partial charge in [0.25, 0.3) is 0 Å². The predicted molar refractivity (Wildman–Crippen MR) is 76.7 cm³/mol. The van der Waals surface area contributed by atoms with Crippen molar-refractivity contribution < 1.29 is 9.53 Å². The molecule has 1 atom stereocenters. The molecule has 1 unspecified atom stereocenters. The van der Waals surface area contributed by atoms with E-state index < -0.39 is 12.1 Å². The van der Waals surface area contributed by atoms with Gasteiger partial charge in [-0.05, 0) is 18.2 Å². The van der Waals surface area contributed by atoms with Crippen LogP contribution in [0.1, 0.15) is 22.0 Å². The number of hydrogen-bond acceptors (Lipinski definition) is 3. The van der Waals surface area contributed by atoms with E-state index in [9.17, 15) is 4.79 Å². The summed E-state index contributed by atoms with van der Waals surface area (Å²) in [4.78, 5) is 12.0. The van der Waals surface area contributed by atoms with Gasteiger partial charge in [0.15, 0.2) is 0 Å². The number of carbonyl (C=O) groups excluding carboxylic acids is 1. The number of halogens is 2. The van der Waals surface area contributed by atoms with E-state index in [1.807, 2.05) is 12.1 Å². The van der Waals surface area contributed by atoms with Crippen molar-refractivity contribution in [2.24, 2.45) is 0 Å². The van der Waals surface area contributed by atoms with E-state index in [0.717, 1.165) is 0 Å². The standard InChI is InChI=1S/C15H9Cl2NO2/c16-12-6-11(7-13(17)8-12)15(19)20-14(9-18)10-4-2-1-3-5-10/h1-8,14H. The number of ether oxygens (including phenoxy) is 1. The molecule has 0 aliphatic carbocycles. The second-order valence-corrected chi connectivity index (χ2v) is 4.86. The topological polar surface area (TPSA) is 50.1 Å². The first-order valence-corrected chi connectivity index (χ1v) is 6.47. The largest absolute Gasteiger partial charge is 0.438 e. The van der Waals surface area contributed by atoms with Crippen LogP contribution in [0.2, 0.25) is 10.0 Å². The first-order valence-electron chi connectivity index (χ1n) is 5.72. The molecule has 0 saturated carbocycles. The number of rotatable bonds is 3. The second kappa shape index (κ2) is 6.42. The molecule has 3 nitrogen and oxygen atoms in total. The van der Waals surface area contributed by atoms with Crippen LogP contribution in [0.25, 0.3) is 0 Å². The molecule has 0 fully saturated rings. The summed E-state index contributed by atoms with van der Waals surface area (Å²) in [5.41, 5.74) is 0.815. The van der Waals surface area contributed by atoms with Gasteiger partial charge >= 0.3 is 5.97 Å². The van der Waals surface area contributed by atoms with E-state index >= 15 is 0 Å². The molecule has 0 heterocycles. The van der Waals surface area contributed by atoms with Gasteiger partial charge in [-0.25, -0.2) is 4.79 Å². The van der Waals surface area contributed by atoms with E-state index in [1.165, 1.54) is 18.2 Å². The van der Waals surface area contributed by atoms with Gasteiger partial charge in [-0.1, -0.05) is 53.5 Å². The van der Waals surface area contributed by atoms with Gasteiger partial charge in [-0.3, -0.25) is 0 Å². The molecule has 0 aromatic heterocycles. The number of nitriles is 1. The average molecular weight is 306 g/mol. The van der Waals surface area contributed by atoms with E-state index in [1.54, 1.807) is 24.3 Å². The summed E-state index contributed by atoms with van der Waals surface area (Å²) in [6, 6.07) is 15.1. The van der Waals surface area contributed by atoms with Gasteiger partial charge in [0.2, 0.25) is 6.10 Å². The summed E-state index contributed by atoms with van der Waals surface area (Å²) in [5, 5.41) is 9.77. The summed E-state index contributed by atoms with van der Waals surface area (Å²) < 4.78 is 5.16. The van der Waals surface area contributed by atoms with Crippen LogP contribution >= 0.6 is 23.2 Å². The Kier molecular flexibility index (Phi) is 4.62. The highest BCUT2D eigenvalue weighted by Gasteiger charge is 2.17. The van der Waals surface area contributed by atoms with Crippen molar-refractivity contribution in [2.75, 3.05) is 0 Å². The third-order valence-corrected chi connectivity index (χ3v) is 2.98. The number of carbonyl (C=O) groups is 1. The van der Waals surface area contributed by atoms with Crippen molar-refractivity contribution >= 4 is 29.2 Å². The van der Waals surface area contributed by atoms with Gasteiger partial charge in [0, 0.05) is 15.6 Å². The molecule has 0 radical (unpaired) electrons. The smallest absolute Gasteiger partial charge is 0.339 e. The number of benzene rings is 2. The molecule has 0 aliphatic rings. The summed E-state index contributed by atoms with van der Waals surface area (Å²) >= 11 is 11.6. The molecule has 0 spiro atoms. The zero-order chi connectivity index (χ0) is 14.5. The number of nitrogens with zero attached hydrogens (tertiary/aromatic N) is 1. The van der Waals surface area contributed by atoms with Crippen LogP contribution in [-0.2, 0) is 4.74 Å². The SMILES string of the molecule is N#CC(OC(=O)c1cc(Cl)cc(Cl)c1)c1ccccc1. The Balaban J connectivity index is 2.20. The van der Waals surface area contributed by atoms with E-state index in [2.05, 4.69) is 0 Å². The van der Waals surface area contributed by atoms with Gasteiger partial charge in [-0.2, -0.15) is 5.26 Å². The highest BCUT2D eigenvalue weighted by atomic mass is 35.5. The molecule has 0 amide bonds. The van der Waals surface area contributed by atoms with Crippen molar-refractivity contribution in [2.45, 2.75) is 6.10 Å². The molecule has 0 bridgehead atoms. The van der Waals surface area contributed by atoms with Crippen LogP contribution in [0.5, 0.6) is 0 Å². The molecule has 5 heteroatoms. The fourth-order valence-electron chi connectivity index (χ4n) is 1.64. The maximum absolute atomic E-state index is 12.0. The Hall–Kier alpha value is -2.02. The maximum atomic E-state index is 12.0. The van der Waals surface area contributed by atoms with Crippen molar-refractivity contribution in [3.8, 4) is 6.07 Å².